The van der Waals surface area contributed by atoms with Gasteiger partial charge in [0, 0.05) is 12.7 Å². The Morgan fingerprint density at radius 2 is 2.23 bits per heavy atom. The highest BCUT2D eigenvalue weighted by Crippen LogP contribution is 2.13. The number of hydrogen-bond acceptors (Lipinski definition) is 3. The van der Waals surface area contributed by atoms with Gasteiger partial charge in [-0.2, -0.15) is 0 Å². The lowest BCUT2D eigenvalue weighted by molar-refractivity contribution is -0.0378. The van der Waals surface area contributed by atoms with E-state index in [9.17, 15) is 9.18 Å². The minimum atomic E-state index is -0.829. The number of carbonyl (C=O) groups excluding carboxylic acids is 1. The number of rotatable bonds is 1. The maximum atomic E-state index is 13.0. The molecule has 0 spiro atoms. The van der Waals surface area contributed by atoms with Crippen LogP contribution >= 0.6 is 0 Å². The molecule has 13 heavy (non-hydrogen) atoms. The lowest BCUT2D eigenvalue weighted by atomic mass is 10.2. The largest absolute Gasteiger partial charge is 0.399 e. The topological polar surface area (TPSA) is 66.6 Å². The summed E-state index contributed by atoms with van der Waals surface area (Å²) in [6, 6.07) is 3.58. The minimum absolute atomic E-state index is 0.245. The number of halogens is 1. The first-order valence-corrected chi connectivity index (χ1v) is 3.54. The summed E-state index contributed by atoms with van der Waals surface area (Å²) in [7, 11) is 1.12. The predicted molar refractivity (Wildman–Crippen MR) is 44.7 cm³/mol. The van der Waals surface area contributed by atoms with Crippen molar-refractivity contribution >= 4 is 11.6 Å². The van der Waals surface area contributed by atoms with Gasteiger partial charge in [0.2, 0.25) is 0 Å². The quantitative estimate of drug-likeness (QED) is 0.386. The van der Waals surface area contributed by atoms with E-state index in [2.05, 4.69) is 0 Å². The van der Waals surface area contributed by atoms with Gasteiger partial charge in [-0.25, -0.2) is 9.45 Å². The minimum Gasteiger partial charge on any atom is -0.399 e. The summed E-state index contributed by atoms with van der Waals surface area (Å²) in [5.74, 6) is -1.54. The van der Waals surface area contributed by atoms with Gasteiger partial charge in [0.05, 0.1) is 5.56 Å². The van der Waals surface area contributed by atoms with Crippen LogP contribution in [-0.4, -0.2) is 23.2 Å². The summed E-state index contributed by atoms with van der Waals surface area (Å²) in [5, 5.41) is 9.07. The third kappa shape index (κ3) is 1.94. The fourth-order valence-corrected chi connectivity index (χ4v) is 0.881. The molecule has 0 saturated carbocycles. The zero-order valence-electron chi connectivity index (χ0n) is 6.99. The first-order valence-electron chi connectivity index (χ1n) is 3.54. The van der Waals surface area contributed by atoms with Crippen LogP contribution in [-0.2, 0) is 0 Å². The first-order chi connectivity index (χ1) is 6.02. The molecule has 3 N–H and O–H groups in total. The van der Waals surface area contributed by atoms with E-state index in [1.54, 1.807) is 0 Å². The molecule has 0 atom stereocenters. The monoisotopic (exact) mass is 184 g/mol. The van der Waals surface area contributed by atoms with Crippen molar-refractivity contribution < 1.29 is 14.4 Å². The van der Waals surface area contributed by atoms with Crippen LogP contribution in [0.25, 0.3) is 0 Å². The van der Waals surface area contributed by atoms with Gasteiger partial charge in [-0.15, -0.1) is 0 Å². The van der Waals surface area contributed by atoms with E-state index in [0.29, 0.717) is 5.06 Å². The van der Waals surface area contributed by atoms with Crippen LogP contribution < -0.4 is 5.73 Å². The Kier molecular flexibility index (Phi) is 2.48. The molecule has 1 aromatic rings. The molecule has 1 aromatic carbocycles. The van der Waals surface area contributed by atoms with Gasteiger partial charge in [0.25, 0.3) is 5.91 Å². The first kappa shape index (κ1) is 9.47. The lowest BCUT2D eigenvalue weighted by Gasteiger charge is -2.09. The zero-order chi connectivity index (χ0) is 10.0. The van der Waals surface area contributed by atoms with E-state index in [4.69, 9.17) is 10.9 Å². The van der Waals surface area contributed by atoms with Crippen molar-refractivity contribution in [1.82, 2.24) is 5.06 Å². The van der Waals surface area contributed by atoms with Crippen LogP contribution in [0.5, 0.6) is 0 Å². The molecule has 4 nitrogen and oxygen atoms in total. The number of nitrogens with zero attached hydrogens (tertiary/aromatic N) is 1. The number of hydroxylamine groups is 2. The Morgan fingerprint density at radius 3 is 2.77 bits per heavy atom. The molecular formula is C8H9FN2O2. The second-order valence-corrected chi connectivity index (χ2v) is 2.57. The molecule has 0 unspecified atom stereocenters. The third-order valence-electron chi connectivity index (χ3n) is 1.51. The molecule has 0 radical (unpaired) electrons. The molecule has 0 aliphatic carbocycles. The second kappa shape index (κ2) is 3.40. The highest BCUT2D eigenvalue weighted by atomic mass is 19.1. The van der Waals surface area contributed by atoms with Crippen LogP contribution in [0.2, 0.25) is 0 Å². The molecular weight excluding hydrogens is 175 g/mol. The standard InChI is InChI=1S/C8H9FN2O2/c1-11(13)8(12)6-4-5(10)2-3-7(6)9/h2-4,13H,10H2,1H3. The average molecular weight is 184 g/mol. The number of benzene rings is 1. The normalized spacial score (nSPS) is 9.77. The zero-order valence-corrected chi connectivity index (χ0v) is 6.99. The van der Waals surface area contributed by atoms with Gasteiger partial charge < -0.3 is 5.73 Å². The van der Waals surface area contributed by atoms with E-state index in [-0.39, 0.29) is 11.3 Å². The predicted octanol–water partition coefficient (Wildman–Crippen LogP) is 0.869. The van der Waals surface area contributed by atoms with Crippen molar-refractivity contribution in [2.45, 2.75) is 0 Å². The Balaban J connectivity index is 3.13. The molecule has 0 aliphatic rings. The molecule has 1 rings (SSSR count). The average Bonchev–Trinajstić information content (AvgIpc) is 2.08. The van der Waals surface area contributed by atoms with E-state index in [1.165, 1.54) is 12.1 Å². The number of amides is 1. The van der Waals surface area contributed by atoms with Crippen LogP contribution in [0.1, 0.15) is 10.4 Å². The summed E-state index contributed by atoms with van der Waals surface area (Å²) < 4.78 is 13.0. The summed E-state index contributed by atoms with van der Waals surface area (Å²) >= 11 is 0. The number of nitrogen functional groups attached to an aromatic ring is 1. The van der Waals surface area contributed by atoms with Gasteiger partial charge in [-0.3, -0.25) is 10.0 Å². The molecule has 1 amide bonds. The summed E-state index contributed by atoms with van der Waals surface area (Å²) in [6.45, 7) is 0. The summed E-state index contributed by atoms with van der Waals surface area (Å²) in [5.41, 5.74) is 5.37. The second-order valence-electron chi connectivity index (χ2n) is 2.57. The van der Waals surface area contributed by atoms with Crippen molar-refractivity contribution in [3.63, 3.8) is 0 Å². The Labute approximate surface area is 74.3 Å². The molecule has 0 fully saturated rings. The van der Waals surface area contributed by atoms with E-state index >= 15 is 0 Å². The van der Waals surface area contributed by atoms with Gasteiger partial charge in [0.15, 0.2) is 0 Å². The molecule has 0 aromatic heterocycles. The molecule has 0 saturated heterocycles. The smallest absolute Gasteiger partial charge is 0.280 e. The van der Waals surface area contributed by atoms with Gasteiger partial charge >= 0.3 is 0 Å². The lowest BCUT2D eigenvalue weighted by Crippen LogP contribution is -2.23. The molecule has 70 valence electrons. The van der Waals surface area contributed by atoms with Crippen molar-refractivity contribution in [3.05, 3.63) is 29.6 Å². The Morgan fingerprint density at radius 1 is 1.62 bits per heavy atom. The van der Waals surface area contributed by atoms with Crippen LogP contribution in [0.4, 0.5) is 10.1 Å². The number of nitrogens with two attached hydrogens (primary N) is 1. The summed E-state index contributed by atoms with van der Waals surface area (Å²) in [4.78, 5) is 11.1. The van der Waals surface area contributed by atoms with Crippen molar-refractivity contribution in [2.24, 2.45) is 0 Å². The van der Waals surface area contributed by atoms with Crippen molar-refractivity contribution in [2.75, 3.05) is 12.8 Å². The van der Waals surface area contributed by atoms with E-state index in [0.717, 1.165) is 13.1 Å². The maximum absolute atomic E-state index is 13.0. The number of carbonyl (C=O) groups is 1. The number of hydrogen-bond donors (Lipinski definition) is 2. The Bertz CT molecular complexity index is 339. The molecule has 0 heterocycles. The van der Waals surface area contributed by atoms with Crippen LogP contribution in [0, 0.1) is 5.82 Å². The number of anilines is 1. The van der Waals surface area contributed by atoms with Gasteiger partial charge in [0.1, 0.15) is 5.82 Å². The molecule has 0 bridgehead atoms. The SMILES string of the molecule is CN(O)C(=O)c1cc(N)ccc1F. The fraction of sp³-hybridized carbons (Fsp3) is 0.125. The van der Waals surface area contributed by atoms with E-state index in [1.807, 2.05) is 0 Å². The highest BCUT2D eigenvalue weighted by molar-refractivity contribution is 5.94. The van der Waals surface area contributed by atoms with Crippen molar-refractivity contribution in [3.8, 4) is 0 Å². The third-order valence-corrected chi connectivity index (χ3v) is 1.51. The van der Waals surface area contributed by atoms with Crippen LogP contribution in [0.15, 0.2) is 18.2 Å². The summed E-state index contributed by atoms with van der Waals surface area (Å²) in [6.07, 6.45) is 0. The Hall–Kier alpha value is -1.62. The molecule has 0 aliphatic heterocycles. The fourth-order valence-electron chi connectivity index (χ4n) is 0.881. The van der Waals surface area contributed by atoms with Gasteiger partial charge in [-0.1, -0.05) is 0 Å². The highest BCUT2D eigenvalue weighted by Gasteiger charge is 2.14. The van der Waals surface area contributed by atoms with Crippen molar-refractivity contribution in [1.29, 1.82) is 0 Å². The molecule has 5 heteroatoms. The van der Waals surface area contributed by atoms with Crippen LogP contribution in [0.3, 0.4) is 0 Å². The van der Waals surface area contributed by atoms with E-state index < -0.39 is 11.7 Å². The maximum Gasteiger partial charge on any atom is 0.280 e. The van der Waals surface area contributed by atoms with Gasteiger partial charge in [-0.05, 0) is 18.2 Å².